The lowest BCUT2D eigenvalue weighted by Crippen LogP contribution is -1.99. The highest BCUT2D eigenvalue weighted by molar-refractivity contribution is 9.10. The Balaban J connectivity index is 2.41. The summed E-state index contributed by atoms with van der Waals surface area (Å²) in [5.41, 5.74) is 2.09. The number of hydrogen-bond acceptors (Lipinski definition) is 2. The number of thiophene rings is 1. The number of aliphatic hydroxyl groups is 1. The second kappa shape index (κ2) is 4.47. The first-order chi connectivity index (χ1) is 7.20. The van der Waals surface area contributed by atoms with Crippen molar-refractivity contribution in [2.45, 2.75) is 13.0 Å². The van der Waals surface area contributed by atoms with Crippen LogP contribution >= 0.6 is 27.3 Å². The van der Waals surface area contributed by atoms with E-state index in [0.717, 1.165) is 20.5 Å². The van der Waals surface area contributed by atoms with Gasteiger partial charge in [-0.05, 0) is 45.4 Å². The normalized spacial score (nSPS) is 12.7. The monoisotopic (exact) mass is 282 g/mol. The predicted octanol–water partition coefficient (Wildman–Crippen LogP) is 3.90. The molecule has 1 unspecified atom stereocenters. The molecule has 78 valence electrons. The van der Waals surface area contributed by atoms with Crippen molar-refractivity contribution in [3.8, 4) is 0 Å². The van der Waals surface area contributed by atoms with E-state index in [2.05, 4.69) is 15.9 Å². The van der Waals surface area contributed by atoms with Gasteiger partial charge in [0.2, 0.25) is 0 Å². The molecule has 1 nitrogen and oxygen atoms in total. The van der Waals surface area contributed by atoms with Gasteiger partial charge in [-0.15, -0.1) is 11.3 Å². The zero-order valence-corrected chi connectivity index (χ0v) is 10.7. The molecule has 0 radical (unpaired) electrons. The van der Waals surface area contributed by atoms with Gasteiger partial charge in [0.15, 0.2) is 0 Å². The smallest absolute Gasteiger partial charge is 0.115 e. The van der Waals surface area contributed by atoms with Crippen molar-refractivity contribution in [3.63, 3.8) is 0 Å². The largest absolute Gasteiger partial charge is 0.383 e. The van der Waals surface area contributed by atoms with Gasteiger partial charge in [-0.1, -0.05) is 24.3 Å². The fourth-order valence-electron chi connectivity index (χ4n) is 1.54. The van der Waals surface area contributed by atoms with Gasteiger partial charge in [0.25, 0.3) is 0 Å². The SMILES string of the molecule is Cc1ccccc1C(O)c1sccc1Br. The Hall–Kier alpha value is -0.640. The molecule has 15 heavy (non-hydrogen) atoms. The zero-order chi connectivity index (χ0) is 10.8. The van der Waals surface area contributed by atoms with Crippen molar-refractivity contribution < 1.29 is 5.11 Å². The molecule has 2 rings (SSSR count). The maximum Gasteiger partial charge on any atom is 0.115 e. The Bertz CT molecular complexity index is 464. The molecule has 2 aromatic rings. The third-order valence-corrected chi connectivity index (χ3v) is 4.30. The molecule has 1 atom stereocenters. The number of benzene rings is 1. The van der Waals surface area contributed by atoms with Crippen LogP contribution in [0.5, 0.6) is 0 Å². The summed E-state index contributed by atoms with van der Waals surface area (Å²) >= 11 is 5.00. The molecule has 1 N–H and O–H groups in total. The number of aliphatic hydroxyl groups excluding tert-OH is 1. The summed E-state index contributed by atoms with van der Waals surface area (Å²) in [6.07, 6.45) is -0.527. The van der Waals surface area contributed by atoms with Crippen LogP contribution < -0.4 is 0 Å². The van der Waals surface area contributed by atoms with E-state index in [-0.39, 0.29) is 0 Å². The number of aryl methyl sites for hydroxylation is 1. The first kappa shape index (κ1) is 10.9. The lowest BCUT2D eigenvalue weighted by molar-refractivity contribution is 0.222. The molecule has 1 aromatic heterocycles. The molecule has 0 bridgehead atoms. The molecule has 0 saturated heterocycles. The summed E-state index contributed by atoms with van der Waals surface area (Å²) < 4.78 is 0.975. The molecule has 0 aliphatic rings. The fourth-order valence-corrected chi connectivity index (χ4v) is 3.13. The predicted molar refractivity (Wildman–Crippen MR) is 67.3 cm³/mol. The van der Waals surface area contributed by atoms with Gasteiger partial charge in [-0.3, -0.25) is 0 Å². The van der Waals surface area contributed by atoms with Crippen LogP contribution in [0.3, 0.4) is 0 Å². The quantitative estimate of drug-likeness (QED) is 0.886. The van der Waals surface area contributed by atoms with Crippen LogP contribution in [-0.2, 0) is 0 Å². The van der Waals surface area contributed by atoms with Crippen LogP contribution in [0, 0.1) is 6.92 Å². The molecule has 0 fully saturated rings. The molecule has 0 saturated carbocycles. The van der Waals surface area contributed by atoms with Crippen molar-refractivity contribution in [3.05, 3.63) is 56.2 Å². The van der Waals surface area contributed by atoms with Gasteiger partial charge in [0, 0.05) is 4.47 Å². The Labute approximate surface area is 102 Å². The highest BCUT2D eigenvalue weighted by Gasteiger charge is 2.16. The van der Waals surface area contributed by atoms with E-state index in [0.29, 0.717) is 0 Å². The van der Waals surface area contributed by atoms with E-state index >= 15 is 0 Å². The Morgan fingerprint density at radius 3 is 2.60 bits per heavy atom. The molecule has 1 aromatic carbocycles. The minimum atomic E-state index is -0.527. The third kappa shape index (κ3) is 2.14. The van der Waals surface area contributed by atoms with E-state index in [1.807, 2.05) is 42.6 Å². The number of hydrogen-bond donors (Lipinski definition) is 1. The molecule has 0 spiro atoms. The third-order valence-electron chi connectivity index (χ3n) is 2.38. The fraction of sp³-hybridized carbons (Fsp3) is 0.167. The zero-order valence-electron chi connectivity index (χ0n) is 8.27. The van der Waals surface area contributed by atoms with E-state index in [1.54, 1.807) is 11.3 Å². The lowest BCUT2D eigenvalue weighted by Gasteiger charge is -2.12. The van der Waals surface area contributed by atoms with Crippen LogP contribution in [0.25, 0.3) is 0 Å². The number of halogens is 1. The summed E-state index contributed by atoms with van der Waals surface area (Å²) in [7, 11) is 0. The molecular weight excluding hydrogens is 272 g/mol. The summed E-state index contributed by atoms with van der Waals surface area (Å²) in [6.45, 7) is 2.01. The minimum Gasteiger partial charge on any atom is -0.383 e. The molecular formula is C12H11BrOS. The van der Waals surface area contributed by atoms with Crippen LogP contribution in [0.4, 0.5) is 0 Å². The number of rotatable bonds is 2. The van der Waals surface area contributed by atoms with Gasteiger partial charge in [-0.2, -0.15) is 0 Å². The summed E-state index contributed by atoms with van der Waals surface area (Å²) in [5.74, 6) is 0. The van der Waals surface area contributed by atoms with Crippen LogP contribution in [-0.4, -0.2) is 5.11 Å². The van der Waals surface area contributed by atoms with Gasteiger partial charge < -0.3 is 5.11 Å². The second-order valence-corrected chi connectivity index (χ2v) is 5.19. The average Bonchev–Trinajstić information content (AvgIpc) is 2.64. The van der Waals surface area contributed by atoms with Crippen molar-refractivity contribution in [2.75, 3.05) is 0 Å². The van der Waals surface area contributed by atoms with Gasteiger partial charge >= 0.3 is 0 Å². The topological polar surface area (TPSA) is 20.2 Å². The van der Waals surface area contributed by atoms with E-state index < -0.39 is 6.10 Å². The van der Waals surface area contributed by atoms with Crippen LogP contribution in [0.1, 0.15) is 22.1 Å². The lowest BCUT2D eigenvalue weighted by atomic mass is 10.0. The maximum atomic E-state index is 10.2. The van der Waals surface area contributed by atoms with Crippen molar-refractivity contribution >= 4 is 27.3 Å². The molecule has 3 heteroatoms. The minimum absolute atomic E-state index is 0.527. The summed E-state index contributed by atoms with van der Waals surface area (Å²) in [6, 6.07) is 9.87. The average molecular weight is 283 g/mol. The van der Waals surface area contributed by atoms with Crippen LogP contribution in [0.2, 0.25) is 0 Å². The first-order valence-electron chi connectivity index (χ1n) is 4.66. The Morgan fingerprint density at radius 2 is 2.00 bits per heavy atom. The van der Waals surface area contributed by atoms with Gasteiger partial charge in [0.05, 0.1) is 4.88 Å². The molecule has 0 amide bonds. The van der Waals surface area contributed by atoms with E-state index in [9.17, 15) is 5.11 Å². The van der Waals surface area contributed by atoms with Crippen molar-refractivity contribution in [1.82, 2.24) is 0 Å². The highest BCUT2D eigenvalue weighted by Crippen LogP contribution is 2.33. The summed E-state index contributed by atoms with van der Waals surface area (Å²) in [4.78, 5) is 0.962. The molecule has 0 aliphatic carbocycles. The molecule has 1 heterocycles. The van der Waals surface area contributed by atoms with Gasteiger partial charge in [-0.25, -0.2) is 0 Å². The van der Waals surface area contributed by atoms with Crippen molar-refractivity contribution in [2.24, 2.45) is 0 Å². The highest BCUT2D eigenvalue weighted by atomic mass is 79.9. The Morgan fingerprint density at radius 1 is 1.27 bits per heavy atom. The summed E-state index contributed by atoms with van der Waals surface area (Å²) in [5, 5.41) is 12.2. The van der Waals surface area contributed by atoms with E-state index in [4.69, 9.17) is 0 Å². The molecule has 0 aliphatic heterocycles. The van der Waals surface area contributed by atoms with Gasteiger partial charge in [0.1, 0.15) is 6.10 Å². The van der Waals surface area contributed by atoms with Crippen LogP contribution in [0.15, 0.2) is 40.2 Å². The Kier molecular flexibility index (Phi) is 3.24. The maximum absolute atomic E-state index is 10.2. The second-order valence-electron chi connectivity index (χ2n) is 3.39. The van der Waals surface area contributed by atoms with E-state index in [1.165, 1.54) is 0 Å². The van der Waals surface area contributed by atoms with Crippen molar-refractivity contribution in [1.29, 1.82) is 0 Å². The standard InChI is InChI=1S/C12H11BrOS/c1-8-4-2-3-5-9(8)11(14)12-10(13)6-7-15-12/h2-7,11,14H,1H3. The first-order valence-corrected chi connectivity index (χ1v) is 6.34.